The normalized spacial score (nSPS) is 14.4. The zero-order chi connectivity index (χ0) is 21.7. The Balaban J connectivity index is 1.72. The molecule has 0 amide bonds. The number of rotatable bonds is 6. The molecule has 0 saturated carbocycles. The van der Waals surface area contributed by atoms with E-state index in [-0.39, 0.29) is 40.1 Å². The molecule has 30 heavy (non-hydrogen) atoms. The Hall–Kier alpha value is -2.84. The van der Waals surface area contributed by atoms with Crippen LogP contribution in [0.4, 0.5) is 24.9 Å². The van der Waals surface area contributed by atoms with Crippen LogP contribution < -0.4 is 10.6 Å². The summed E-state index contributed by atoms with van der Waals surface area (Å²) in [6.07, 6.45) is -4.63. The molecular weight excluding hydrogens is 419 g/mol. The molecule has 0 bridgehead atoms. The Kier molecular flexibility index (Phi) is 6.79. The molecule has 1 aromatic heterocycles. The molecular formula is C19H18F3N5O2S. The van der Waals surface area contributed by atoms with E-state index < -0.39 is 11.7 Å². The van der Waals surface area contributed by atoms with Gasteiger partial charge in [0.2, 0.25) is 5.95 Å². The number of nitrogen functional groups attached to an aromatic ring is 1. The second-order valence-corrected chi connectivity index (χ2v) is 7.46. The zero-order valence-corrected chi connectivity index (χ0v) is 16.6. The van der Waals surface area contributed by atoms with Crippen molar-refractivity contribution in [2.75, 3.05) is 42.7 Å². The lowest BCUT2D eigenvalue weighted by atomic mass is 10.1. The largest absolute Gasteiger partial charge is 0.416 e. The molecule has 1 saturated heterocycles. The van der Waals surface area contributed by atoms with E-state index in [0.717, 1.165) is 23.9 Å². The number of ether oxygens (including phenoxy) is 1. The number of nitrogens with two attached hydrogens (primary N) is 1. The number of Topliss-reactive ketones (excluding diaryl/α,β-unsaturated/α-hetero) is 1. The molecule has 2 heterocycles. The highest BCUT2D eigenvalue weighted by atomic mass is 32.2. The first kappa shape index (κ1) is 21.9. The lowest BCUT2D eigenvalue weighted by molar-refractivity contribution is -0.137. The molecule has 7 nitrogen and oxygen atoms in total. The van der Waals surface area contributed by atoms with Gasteiger partial charge < -0.3 is 15.4 Å². The summed E-state index contributed by atoms with van der Waals surface area (Å²) in [5.74, 6) is 0.00183. The number of anilines is 2. The smallest absolute Gasteiger partial charge is 0.378 e. The summed E-state index contributed by atoms with van der Waals surface area (Å²) in [4.78, 5) is 22.4. The van der Waals surface area contributed by atoms with Gasteiger partial charge >= 0.3 is 6.18 Å². The fourth-order valence-electron chi connectivity index (χ4n) is 2.94. The van der Waals surface area contributed by atoms with Gasteiger partial charge in [0.05, 0.1) is 24.5 Å². The van der Waals surface area contributed by atoms with Crippen LogP contribution in [0.1, 0.15) is 16.7 Å². The summed E-state index contributed by atoms with van der Waals surface area (Å²) in [6.45, 7) is 2.08. The Bertz CT molecular complexity index is 972. The Morgan fingerprint density at radius 3 is 2.70 bits per heavy atom. The monoisotopic (exact) mass is 437 g/mol. The van der Waals surface area contributed by atoms with E-state index in [2.05, 4.69) is 16.0 Å². The highest BCUT2D eigenvalue weighted by Gasteiger charge is 2.30. The van der Waals surface area contributed by atoms with Gasteiger partial charge in [-0.05, 0) is 11.6 Å². The number of benzene rings is 1. The number of ketones is 1. The minimum absolute atomic E-state index is 0.0247. The predicted octanol–water partition coefficient (Wildman–Crippen LogP) is 2.69. The molecule has 0 radical (unpaired) electrons. The summed E-state index contributed by atoms with van der Waals surface area (Å²) in [5, 5.41) is 9.86. The van der Waals surface area contributed by atoms with Gasteiger partial charge in [0.1, 0.15) is 22.4 Å². The fraction of sp³-hybridized carbons (Fsp3) is 0.368. The van der Waals surface area contributed by atoms with Gasteiger partial charge in [-0.1, -0.05) is 30.0 Å². The quantitative estimate of drug-likeness (QED) is 0.543. The number of hydrogen-bond acceptors (Lipinski definition) is 8. The van der Waals surface area contributed by atoms with Crippen molar-refractivity contribution in [3.8, 4) is 6.07 Å². The number of hydrogen-bond donors (Lipinski definition) is 1. The zero-order valence-electron chi connectivity index (χ0n) is 15.8. The van der Waals surface area contributed by atoms with Crippen LogP contribution in [0.2, 0.25) is 0 Å². The summed E-state index contributed by atoms with van der Waals surface area (Å²) in [5.41, 5.74) is 5.46. The van der Waals surface area contributed by atoms with Crippen molar-refractivity contribution in [1.82, 2.24) is 9.97 Å². The second-order valence-electron chi connectivity index (χ2n) is 6.50. The summed E-state index contributed by atoms with van der Waals surface area (Å²) in [6, 6.07) is 6.72. The Labute approximate surface area is 175 Å². The van der Waals surface area contributed by atoms with E-state index in [1.165, 1.54) is 12.1 Å². The maximum Gasteiger partial charge on any atom is 0.416 e. The van der Waals surface area contributed by atoms with Crippen LogP contribution in [-0.4, -0.2) is 47.8 Å². The number of carbonyl (C=O) groups excluding carboxylic acids is 1. The van der Waals surface area contributed by atoms with E-state index in [9.17, 15) is 23.2 Å². The fourth-order valence-corrected chi connectivity index (χ4v) is 3.78. The molecule has 11 heteroatoms. The van der Waals surface area contributed by atoms with Crippen molar-refractivity contribution in [3.05, 3.63) is 41.0 Å². The van der Waals surface area contributed by atoms with Gasteiger partial charge in [-0.15, -0.1) is 0 Å². The number of nitriles is 1. The van der Waals surface area contributed by atoms with Gasteiger partial charge in [-0.2, -0.15) is 23.4 Å². The molecule has 0 aliphatic carbocycles. The first-order valence-corrected chi connectivity index (χ1v) is 9.97. The molecule has 3 rings (SSSR count). The van der Waals surface area contributed by atoms with Crippen molar-refractivity contribution in [1.29, 1.82) is 5.26 Å². The third kappa shape index (κ3) is 5.40. The summed E-state index contributed by atoms with van der Waals surface area (Å²) >= 11 is 1.02. The average molecular weight is 437 g/mol. The molecule has 1 aliphatic rings. The third-order valence-electron chi connectivity index (χ3n) is 4.32. The maximum absolute atomic E-state index is 12.8. The van der Waals surface area contributed by atoms with Crippen molar-refractivity contribution < 1.29 is 22.7 Å². The van der Waals surface area contributed by atoms with E-state index in [1.54, 1.807) is 0 Å². The van der Waals surface area contributed by atoms with Crippen LogP contribution >= 0.6 is 11.8 Å². The number of carbonyl (C=O) groups is 1. The van der Waals surface area contributed by atoms with Gasteiger partial charge in [0, 0.05) is 19.5 Å². The summed E-state index contributed by atoms with van der Waals surface area (Å²) < 4.78 is 43.8. The Morgan fingerprint density at radius 1 is 1.30 bits per heavy atom. The average Bonchev–Trinajstić information content (AvgIpc) is 2.72. The molecule has 0 unspecified atom stereocenters. The third-order valence-corrected chi connectivity index (χ3v) is 5.36. The van der Waals surface area contributed by atoms with E-state index in [0.29, 0.717) is 32.1 Å². The lowest BCUT2D eigenvalue weighted by Gasteiger charge is -2.28. The van der Waals surface area contributed by atoms with Crippen molar-refractivity contribution in [2.45, 2.75) is 17.6 Å². The van der Waals surface area contributed by atoms with Gasteiger partial charge in [0.15, 0.2) is 5.82 Å². The molecule has 0 atom stereocenters. The predicted molar refractivity (Wildman–Crippen MR) is 105 cm³/mol. The number of morpholine rings is 1. The van der Waals surface area contributed by atoms with Crippen molar-refractivity contribution in [2.24, 2.45) is 0 Å². The molecule has 1 aliphatic heterocycles. The topological polar surface area (TPSA) is 105 Å². The first-order chi connectivity index (χ1) is 14.3. The standard InChI is InChI=1S/C19H18F3N5O2S/c20-19(21,22)13-3-1-2-12(8-13)9-14(28)11-30-17-15(10-23)16(25-18(24)26-17)27-4-6-29-7-5-27/h1-3,8H,4-7,9,11H2,(H2,24,25,26). The van der Waals surface area contributed by atoms with Crippen LogP contribution in [0, 0.1) is 11.3 Å². The Morgan fingerprint density at radius 2 is 2.03 bits per heavy atom. The maximum atomic E-state index is 12.8. The molecule has 0 spiro atoms. The van der Waals surface area contributed by atoms with Crippen LogP contribution in [0.3, 0.4) is 0 Å². The number of nitrogens with zero attached hydrogens (tertiary/aromatic N) is 4. The number of aromatic nitrogens is 2. The molecule has 2 aromatic rings. The van der Waals surface area contributed by atoms with E-state index in [1.807, 2.05) is 4.90 Å². The summed E-state index contributed by atoms with van der Waals surface area (Å²) in [7, 11) is 0. The SMILES string of the molecule is N#Cc1c(SCC(=O)Cc2cccc(C(F)(F)F)c2)nc(N)nc1N1CCOCC1. The van der Waals surface area contributed by atoms with Gasteiger partial charge in [-0.25, -0.2) is 4.98 Å². The van der Waals surface area contributed by atoms with Crippen molar-refractivity contribution in [3.63, 3.8) is 0 Å². The molecule has 158 valence electrons. The lowest BCUT2D eigenvalue weighted by Crippen LogP contribution is -2.37. The second kappa shape index (κ2) is 9.32. The van der Waals surface area contributed by atoms with Crippen LogP contribution in [0.25, 0.3) is 0 Å². The first-order valence-electron chi connectivity index (χ1n) is 8.99. The van der Waals surface area contributed by atoms with Crippen molar-refractivity contribution >= 4 is 29.3 Å². The molecule has 1 aromatic carbocycles. The number of thioether (sulfide) groups is 1. The molecule has 2 N–H and O–H groups in total. The van der Waals surface area contributed by atoms with E-state index in [4.69, 9.17) is 10.5 Å². The minimum atomic E-state index is -4.47. The van der Waals surface area contributed by atoms with Crippen LogP contribution in [0.15, 0.2) is 29.3 Å². The van der Waals surface area contributed by atoms with Crippen LogP contribution in [-0.2, 0) is 22.1 Å². The van der Waals surface area contributed by atoms with Crippen LogP contribution in [0.5, 0.6) is 0 Å². The number of alkyl halides is 3. The minimum Gasteiger partial charge on any atom is -0.378 e. The van der Waals surface area contributed by atoms with Gasteiger partial charge in [-0.3, -0.25) is 4.79 Å². The number of halogens is 3. The highest BCUT2D eigenvalue weighted by molar-refractivity contribution is 8.00. The molecule has 1 fully saturated rings. The highest BCUT2D eigenvalue weighted by Crippen LogP contribution is 2.31. The van der Waals surface area contributed by atoms with E-state index >= 15 is 0 Å². The van der Waals surface area contributed by atoms with Gasteiger partial charge in [0.25, 0.3) is 0 Å².